The zero-order valence-corrected chi connectivity index (χ0v) is 10.8. The third-order valence-electron chi connectivity index (χ3n) is 3.04. The Labute approximate surface area is 96.1 Å². The van der Waals surface area contributed by atoms with Gasteiger partial charge < -0.3 is 11.1 Å². The zero-order valence-electron chi connectivity index (χ0n) is 10.0. The van der Waals surface area contributed by atoms with Crippen LogP contribution >= 0.6 is 11.3 Å². The summed E-state index contributed by atoms with van der Waals surface area (Å²) in [6.07, 6.45) is 0. The van der Waals surface area contributed by atoms with Gasteiger partial charge in [0, 0.05) is 24.0 Å². The lowest BCUT2D eigenvalue weighted by molar-refractivity contribution is 0.266. The number of thiazole rings is 1. The smallest absolute Gasteiger partial charge is 0.0897 e. The highest BCUT2D eigenvalue weighted by Crippen LogP contribution is 2.16. The Bertz CT molecular complexity index is 309. The monoisotopic (exact) mass is 227 g/mol. The molecule has 0 amide bonds. The molecule has 1 aromatic rings. The summed E-state index contributed by atoms with van der Waals surface area (Å²) < 4.78 is 0. The summed E-state index contributed by atoms with van der Waals surface area (Å²) >= 11 is 1.69. The van der Waals surface area contributed by atoms with Gasteiger partial charge in [-0.1, -0.05) is 13.8 Å². The quantitative estimate of drug-likeness (QED) is 0.808. The first-order valence-corrected chi connectivity index (χ1v) is 6.22. The number of hydrogen-bond acceptors (Lipinski definition) is 4. The van der Waals surface area contributed by atoms with E-state index < -0.39 is 0 Å². The second-order valence-electron chi connectivity index (χ2n) is 4.49. The number of rotatable bonds is 5. The van der Waals surface area contributed by atoms with Gasteiger partial charge in [-0.05, 0) is 19.8 Å². The second-order valence-corrected chi connectivity index (χ2v) is 5.55. The number of hydrogen-bond donors (Lipinski definition) is 2. The third-order valence-corrected chi connectivity index (χ3v) is 3.86. The first kappa shape index (κ1) is 12.6. The molecule has 15 heavy (non-hydrogen) atoms. The topological polar surface area (TPSA) is 50.9 Å². The molecule has 0 radical (unpaired) electrons. The zero-order chi connectivity index (χ0) is 11.5. The van der Waals surface area contributed by atoms with Crippen LogP contribution < -0.4 is 11.1 Å². The van der Waals surface area contributed by atoms with Gasteiger partial charge in [-0.15, -0.1) is 11.3 Å². The van der Waals surface area contributed by atoms with Gasteiger partial charge in [0.25, 0.3) is 0 Å². The molecule has 3 N–H and O–H groups in total. The Morgan fingerprint density at radius 3 is 2.67 bits per heavy atom. The van der Waals surface area contributed by atoms with E-state index in [-0.39, 0.29) is 5.54 Å². The van der Waals surface area contributed by atoms with Crippen LogP contribution in [-0.4, -0.2) is 17.1 Å². The van der Waals surface area contributed by atoms with Crippen LogP contribution in [0.5, 0.6) is 0 Å². The molecular weight excluding hydrogens is 206 g/mol. The van der Waals surface area contributed by atoms with Crippen LogP contribution in [0, 0.1) is 12.8 Å². The van der Waals surface area contributed by atoms with Crippen molar-refractivity contribution in [3.8, 4) is 0 Å². The van der Waals surface area contributed by atoms with E-state index in [2.05, 4.69) is 36.5 Å². The summed E-state index contributed by atoms with van der Waals surface area (Å²) in [5, 5.41) is 6.71. The Morgan fingerprint density at radius 2 is 2.27 bits per heavy atom. The van der Waals surface area contributed by atoms with Crippen LogP contribution in [0.3, 0.4) is 0 Å². The molecule has 1 heterocycles. The predicted molar refractivity (Wildman–Crippen MR) is 66.0 cm³/mol. The maximum absolute atomic E-state index is 5.80. The molecule has 0 aliphatic carbocycles. The normalized spacial score (nSPS) is 15.6. The van der Waals surface area contributed by atoms with Crippen molar-refractivity contribution in [1.82, 2.24) is 10.3 Å². The number of aromatic nitrogens is 1. The number of nitrogens with one attached hydrogen (secondary N) is 1. The summed E-state index contributed by atoms with van der Waals surface area (Å²) in [5.41, 5.74) is 6.90. The highest BCUT2D eigenvalue weighted by molar-refractivity contribution is 7.09. The van der Waals surface area contributed by atoms with Gasteiger partial charge in [0.2, 0.25) is 0 Å². The van der Waals surface area contributed by atoms with Crippen LogP contribution in [0.1, 0.15) is 31.5 Å². The molecule has 1 atom stereocenters. The fraction of sp³-hybridized carbons (Fsp3) is 0.727. The summed E-state index contributed by atoms with van der Waals surface area (Å²) in [4.78, 5) is 4.42. The average molecular weight is 227 g/mol. The molecule has 0 aliphatic heterocycles. The van der Waals surface area contributed by atoms with Crippen molar-refractivity contribution < 1.29 is 0 Å². The lowest BCUT2D eigenvalue weighted by Gasteiger charge is -2.33. The summed E-state index contributed by atoms with van der Waals surface area (Å²) in [5.74, 6) is 0.516. The van der Waals surface area contributed by atoms with Crippen molar-refractivity contribution in [2.75, 3.05) is 6.54 Å². The minimum Gasteiger partial charge on any atom is -0.329 e. The molecule has 86 valence electrons. The van der Waals surface area contributed by atoms with Crippen LogP contribution in [0.4, 0.5) is 0 Å². The van der Waals surface area contributed by atoms with Crippen LogP contribution in [0.2, 0.25) is 0 Å². The van der Waals surface area contributed by atoms with Crippen molar-refractivity contribution >= 4 is 11.3 Å². The molecule has 1 unspecified atom stereocenters. The average Bonchev–Trinajstić information content (AvgIpc) is 2.60. The largest absolute Gasteiger partial charge is 0.329 e. The minimum absolute atomic E-state index is 0.00246. The summed E-state index contributed by atoms with van der Waals surface area (Å²) in [6, 6.07) is 0. The molecule has 1 rings (SSSR count). The van der Waals surface area contributed by atoms with Crippen molar-refractivity contribution in [3.05, 3.63) is 16.1 Å². The van der Waals surface area contributed by atoms with Gasteiger partial charge in [0.1, 0.15) is 0 Å². The highest BCUT2D eigenvalue weighted by Gasteiger charge is 2.25. The van der Waals surface area contributed by atoms with E-state index in [1.165, 1.54) is 0 Å². The molecular formula is C11H21N3S. The third kappa shape index (κ3) is 3.26. The lowest BCUT2D eigenvalue weighted by Crippen LogP contribution is -2.52. The van der Waals surface area contributed by atoms with E-state index in [1.807, 2.05) is 6.92 Å². The molecule has 0 fully saturated rings. The van der Waals surface area contributed by atoms with Gasteiger partial charge in [0.05, 0.1) is 10.7 Å². The predicted octanol–water partition coefficient (Wildman–Crippen LogP) is 1.91. The van der Waals surface area contributed by atoms with E-state index in [4.69, 9.17) is 5.73 Å². The van der Waals surface area contributed by atoms with E-state index in [9.17, 15) is 0 Å². The van der Waals surface area contributed by atoms with Gasteiger partial charge in [-0.3, -0.25) is 0 Å². The number of aryl methyl sites for hydroxylation is 1. The van der Waals surface area contributed by atoms with Crippen molar-refractivity contribution in [2.45, 2.75) is 39.8 Å². The Hall–Kier alpha value is -0.450. The molecule has 3 nitrogen and oxygen atoms in total. The first-order chi connectivity index (χ1) is 6.98. The summed E-state index contributed by atoms with van der Waals surface area (Å²) in [7, 11) is 0. The summed E-state index contributed by atoms with van der Waals surface area (Å²) in [6.45, 7) is 10.0. The van der Waals surface area contributed by atoms with Gasteiger partial charge in [0.15, 0.2) is 0 Å². The van der Waals surface area contributed by atoms with Gasteiger partial charge >= 0.3 is 0 Å². The van der Waals surface area contributed by atoms with Crippen molar-refractivity contribution in [3.63, 3.8) is 0 Å². The Morgan fingerprint density at radius 1 is 1.60 bits per heavy atom. The van der Waals surface area contributed by atoms with E-state index >= 15 is 0 Å². The Kier molecular flexibility index (Phi) is 4.25. The van der Waals surface area contributed by atoms with E-state index in [0.717, 1.165) is 17.2 Å². The van der Waals surface area contributed by atoms with E-state index in [0.29, 0.717) is 12.5 Å². The lowest BCUT2D eigenvalue weighted by atomic mass is 9.88. The standard InChI is InChI=1S/C11H21N3S/c1-8(2)11(4,7-12)13-5-10-6-15-9(3)14-10/h6,8,13H,5,7,12H2,1-4H3. The molecule has 0 bridgehead atoms. The van der Waals surface area contributed by atoms with Crippen molar-refractivity contribution in [2.24, 2.45) is 11.7 Å². The second kappa shape index (κ2) is 5.05. The van der Waals surface area contributed by atoms with E-state index in [1.54, 1.807) is 11.3 Å². The molecule has 0 aromatic carbocycles. The fourth-order valence-electron chi connectivity index (χ4n) is 1.29. The van der Waals surface area contributed by atoms with Crippen LogP contribution in [-0.2, 0) is 6.54 Å². The van der Waals surface area contributed by atoms with Crippen LogP contribution in [0.25, 0.3) is 0 Å². The molecule has 0 spiro atoms. The Balaban J connectivity index is 2.55. The van der Waals surface area contributed by atoms with Crippen LogP contribution in [0.15, 0.2) is 5.38 Å². The van der Waals surface area contributed by atoms with Crippen molar-refractivity contribution in [1.29, 1.82) is 0 Å². The number of nitrogens with zero attached hydrogens (tertiary/aromatic N) is 1. The molecule has 0 saturated heterocycles. The highest BCUT2D eigenvalue weighted by atomic mass is 32.1. The molecule has 0 aliphatic rings. The SMILES string of the molecule is Cc1nc(CNC(C)(CN)C(C)C)cs1. The van der Waals surface area contributed by atoms with Gasteiger partial charge in [-0.25, -0.2) is 4.98 Å². The number of nitrogens with two attached hydrogens (primary N) is 1. The molecule has 0 saturated carbocycles. The minimum atomic E-state index is -0.00246. The molecule has 1 aromatic heterocycles. The maximum Gasteiger partial charge on any atom is 0.0897 e. The maximum atomic E-state index is 5.80. The molecule has 4 heteroatoms. The first-order valence-electron chi connectivity index (χ1n) is 5.34. The fourth-order valence-corrected chi connectivity index (χ4v) is 1.91. The van der Waals surface area contributed by atoms with Gasteiger partial charge in [-0.2, -0.15) is 0 Å².